The summed E-state index contributed by atoms with van der Waals surface area (Å²) < 4.78 is 25.6. The number of halogens is 1. The molecule has 18 heavy (non-hydrogen) atoms. The maximum absolute atomic E-state index is 11.9. The highest BCUT2D eigenvalue weighted by Gasteiger charge is 2.23. The van der Waals surface area contributed by atoms with E-state index in [4.69, 9.17) is 10.7 Å². The monoisotopic (exact) mass is 292 g/mol. The molecule has 0 atom stereocenters. The minimum absolute atomic E-state index is 0.00109. The van der Waals surface area contributed by atoms with E-state index in [-0.39, 0.29) is 11.2 Å². The van der Waals surface area contributed by atoms with Crippen LogP contribution in [-0.2, 0) is 30.2 Å². The molecular weight excluding hydrogens is 284 g/mol. The number of nitrogens with zero attached hydrogens (tertiary/aromatic N) is 4. The van der Waals surface area contributed by atoms with Crippen LogP contribution < -0.4 is 11.2 Å². The normalized spacial score (nSPS) is 12.2. The van der Waals surface area contributed by atoms with E-state index in [1.165, 1.54) is 21.1 Å². The Morgan fingerprint density at radius 3 is 2.11 bits per heavy atom. The van der Waals surface area contributed by atoms with Crippen molar-refractivity contribution < 1.29 is 8.42 Å². The van der Waals surface area contributed by atoms with Crippen molar-refractivity contribution >= 4 is 30.9 Å². The van der Waals surface area contributed by atoms with Crippen molar-refractivity contribution in [2.75, 3.05) is 0 Å². The minimum atomic E-state index is -4.09. The molecule has 2 rings (SSSR count). The first kappa shape index (κ1) is 12.8. The molecule has 0 aliphatic rings. The van der Waals surface area contributed by atoms with E-state index in [0.29, 0.717) is 0 Å². The Balaban J connectivity index is 3.19. The van der Waals surface area contributed by atoms with E-state index in [0.717, 1.165) is 13.7 Å². The molecule has 2 aromatic rings. The fourth-order valence-corrected chi connectivity index (χ4v) is 2.74. The van der Waals surface area contributed by atoms with Crippen molar-refractivity contribution in [3.8, 4) is 0 Å². The topological polar surface area (TPSA) is 96.0 Å². The second-order valence-electron chi connectivity index (χ2n) is 3.77. The summed E-state index contributed by atoms with van der Waals surface area (Å²) in [4.78, 5) is 27.3. The van der Waals surface area contributed by atoms with Gasteiger partial charge < -0.3 is 4.57 Å². The summed E-state index contributed by atoms with van der Waals surface area (Å²) >= 11 is 0. The van der Waals surface area contributed by atoms with Crippen molar-refractivity contribution in [1.82, 2.24) is 18.7 Å². The molecule has 0 unspecified atom stereocenters. The standard InChI is InChI=1S/C8H9ClN4O4S/c1-11-4-5(10-7(11)18(9,16)17)12(2)8(15)13(3)6(4)14/h1-3H3. The molecule has 8 nitrogen and oxygen atoms in total. The van der Waals surface area contributed by atoms with Crippen molar-refractivity contribution in [3.63, 3.8) is 0 Å². The van der Waals surface area contributed by atoms with Crippen LogP contribution in [0.3, 0.4) is 0 Å². The minimum Gasteiger partial charge on any atom is -0.311 e. The molecule has 0 aliphatic heterocycles. The molecule has 0 aliphatic carbocycles. The Morgan fingerprint density at radius 1 is 1.06 bits per heavy atom. The van der Waals surface area contributed by atoms with Crippen LogP contribution in [0.15, 0.2) is 14.7 Å². The molecule has 0 spiro atoms. The van der Waals surface area contributed by atoms with Gasteiger partial charge in [-0.15, -0.1) is 0 Å². The fraction of sp³-hybridized carbons (Fsp3) is 0.375. The summed E-state index contributed by atoms with van der Waals surface area (Å²) in [5, 5.41) is -0.475. The van der Waals surface area contributed by atoms with E-state index in [2.05, 4.69) is 4.98 Å². The lowest BCUT2D eigenvalue weighted by atomic mass is 10.5. The van der Waals surface area contributed by atoms with Gasteiger partial charge in [-0.2, -0.15) is 4.98 Å². The molecule has 0 aromatic carbocycles. The lowest BCUT2D eigenvalue weighted by Crippen LogP contribution is -2.37. The van der Waals surface area contributed by atoms with Crippen LogP contribution in [0, 0.1) is 0 Å². The number of rotatable bonds is 1. The second kappa shape index (κ2) is 3.69. The van der Waals surface area contributed by atoms with Crippen molar-refractivity contribution in [1.29, 1.82) is 0 Å². The van der Waals surface area contributed by atoms with Gasteiger partial charge >= 0.3 is 5.69 Å². The maximum atomic E-state index is 11.9. The number of aryl methyl sites for hydroxylation is 2. The van der Waals surface area contributed by atoms with Crippen LogP contribution >= 0.6 is 10.7 Å². The van der Waals surface area contributed by atoms with Gasteiger partial charge in [0.05, 0.1) is 0 Å². The molecule has 2 aromatic heterocycles. The SMILES string of the molecule is Cn1c(=O)c2c(nc(S(=O)(=O)Cl)n2C)n(C)c1=O. The molecule has 0 amide bonds. The van der Waals surface area contributed by atoms with Gasteiger partial charge in [0.1, 0.15) is 0 Å². The van der Waals surface area contributed by atoms with Gasteiger partial charge in [-0.1, -0.05) is 0 Å². The number of hydrogen-bond acceptors (Lipinski definition) is 5. The number of hydrogen-bond donors (Lipinski definition) is 0. The van der Waals surface area contributed by atoms with Crippen molar-refractivity contribution in [2.45, 2.75) is 5.16 Å². The Hall–Kier alpha value is -1.61. The first-order valence-corrected chi connectivity index (χ1v) is 7.04. The van der Waals surface area contributed by atoms with E-state index >= 15 is 0 Å². The van der Waals surface area contributed by atoms with Crippen LogP contribution in [0.4, 0.5) is 0 Å². The van der Waals surface area contributed by atoms with Gasteiger partial charge in [-0.05, 0) is 0 Å². The summed E-state index contributed by atoms with van der Waals surface area (Å²) in [5.74, 6) is 0. The second-order valence-corrected chi connectivity index (χ2v) is 6.23. The van der Waals surface area contributed by atoms with Crippen LogP contribution in [0.2, 0.25) is 0 Å². The molecule has 0 bridgehead atoms. The van der Waals surface area contributed by atoms with E-state index in [1.54, 1.807) is 0 Å². The van der Waals surface area contributed by atoms with Gasteiger partial charge in [0.2, 0.25) is 5.16 Å². The predicted molar refractivity (Wildman–Crippen MR) is 64.2 cm³/mol. The summed E-state index contributed by atoms with van der Waals surface area (Å²) in [6.45, 7) is 0. The third-order valence-corrected chi connectivity index (χ3v) is 3.87. The van der Waals surface area contributed by atoms with E-state index in [9.17, 15) is 18.0 Å². The maximum Gasteiger partial charge on any atom is 0.332 e. The Labute approximate surface area is 105 Å². The summed E-state index contributed by atoms with van der Waals surface area (Å²) in [6.07, 6.45) is 0. The number of imidazole rings is 1. The van der Waals surface area contributed by atoms with Crippen LogP contribution in [0.25, 0.3) is 11.2 Å². The fourth-order valence-electron chi connectivity index (χ4n) is 1.72. The van der Waals surface area contributed by atoms with Crippen molar-refractivity contribution in [2.24, 2.45) is 21.1 Å². The summed E-state index contributed by atoms with van der Waals surface area (Å²) in [5.41, 5.74) is -1.25. The smallest absolute Gasteiger partial charge is 0.311 e. The number of aromatic nitrogens is 4. The highest BCUT2D eigenvalue weighted by molar-refractivity contribution is 8.13. The molecule has 0 saturated carbocycles. The Bertz CT molecular complexity index is 873. The highest BCUT2D eigenvalue weighted by Crippen LogP contribution is 2.17. The molecular formula is C8H9ClN4O4S. The average molecular weight is 293 g/mol. The van der Waals surface area contributed by atoms with Crippen LogP contribution in [0.1, 0.15) is 0 Å². The zero-order valence-corrected chi connectivity index (χ0v) is 11.3. The van der Waals surface area contributed by atoms with Crippen LogP contribution in [-0.4, -0.2) is 27.1 Å². The van der Waals surface area contributed by atoms with Gasteiger partial charge in [-0.25, -0.2) is 13.2 Å². The summed E-state index contributed by atoms with van der Waals surface area (Å²) in [6, 6.07) is 0. The predicted octanol–water partition coefficient (Wildman–Crippen LogP) is -1.10. The average Bonchev–Trinajstić information content (AvgIpc) is 2.61. The first-order valence-electron chi connectivity index (χ1n) is 4.73. The molecule has 0 fully saturated rings. The van der Waals surface area contributed by atoms with Gasteiger partial charge in [0.15, 0.2) is 11.2 Å². The Kier molecular flexibility index (Phi) is 2.63. The lowest BCUT2D eigenvalue weighted by Gasteiger charge is -2.02. The lowest BCUT2D eigenvalue weighted by molar-refractivity contribution is 0.595. The quantitative estimate of drug-likeness (QED) is 0.622. The number of fused-ring (bicyclic) bond motifs is 1. The van der Waals surface area contributed by atoms with E-state index < -0.39 is 25.5 Å². The molecule has 98 valence electrons. The zero-order valence-electron chi connectivity index (χ0n) is 9.71. The van der Waals surface area contributed by atoms with E-state index in [1.807, 2.05) is 0 Å². The molecule has 0 saturated heterocycles. The van der Waals surface area contributed by atoms with Crippen LogP contribution in [0.5, 0.6) is 0 Å². The largest absolute Gasteiger partial charge is 0.332 e. The Morgan fingerprint density at radius 2 is 1.61 bits per heavy atom. The molecule has 2 heterocycles. The molecule has 0 N–H and O–H groups in total. The highest BCUT2D eigenvalue weighted by atomic mass is 35.7. The summed E-state index contributed by atoms with van der Waals surface area (Å²) in [7, 11) is 5.15. The molecule has 0 radical (unpaired) electrons. The third kappa shape index (κ3) is 1.58. The third-order valence-electron chi connectivity index (χ3n) is 2.65. The van der Waals surface area contributed by atoms with Crippen molar-refractivity contribution in [3.05, 3.63) is 20.8 Å². The van der Waals surface area contributed by atoms with Gasteiger partial charge in [0.25, 0.3) is 14.6 Å². The van der Waals surface area contributed by atoms with Gasteiger partial charge in [-0.3, -0.25) is 13.9 Å². The first-order chi connectivity index (χ1) is 8.16. The zero-order chi connectivity index (χ0) is 13.8. The van der Waals surface area contributed by atoms with Gasteiger partial charge in [0, 0.05) is 31.8 Å². The molecule has 10 heteroatoms.